The van der Waals surface area contributed by atoms with Crippen molar-refractivity contribution in [2.45, 2.75) is 39.2 Å². The monoisotopic (exact) mass is 256 g/mol. The second-order valence-corrected chi connectivity index (χ2v) is 4.87. The summed E-state index contributed by atoms with van der Waals surface area (Å²) in [6, 6.07) is 3.67. The van der Waals surface area contributed by atoms with Crippen molar-refractivity contribution in [3.8, 4) is 0 Å². The fraction of sp³-hybridized carbons (Fsp3) is 0.538. The molecule has 0 radical (unpaired) electrons. The van der Waals surface area contributed by atoms with E-state index in [0.717, 1.165) is 24.1 Å². The highest BCUT2D eigenvalue weighted by Crippen LogP contribution is 2.30. The third kappa shape index (κ3) is 3.05. The van der Waals surface area contributed by atoms with Crippen molar-refractivity contribution < 1.29 is 5.11 Å². The maximum absolute atomic E-state index is 9.53. The highest BCUT2D eigenvalue weighted by Gasteiger charge is 2.25. The average molecular weight is 257 g/mol. The fourth-order valence-corrected chi connectivity index (χ4v) is 1.98. The zero-order valence-corrected chi connectivity index (χ0v) is 11.4. The smallest absolute Gasteiger partial charge is 0.0661 e. The van der Waals surface area contributed by atoms with Gasteiger partial charge in [0.2, 0.25) is 0 Å². The number of benzene rings is 1. The Labute approximate surface area is 108 Å². The van der Waals surface area contributed by atoms with Crippen molar-refractivity contribution in [2.75, 3.05) is 17.7 Å². The van der Waals surface area contributed by atoms with Gasteiger partial charge in [-0.2, -0.15) is 0 Å². The molecule has 0 unspecified atom stereocenters. The minimum absolute atomic E-state index is 0.0986. The summed E-state index contributed by atoms with van der Waals surface area (Å²) >= 11 is 6.02. The maximum Gasteiger partial charge on any atom is 0.0661 e. The number of nitrogens with one attached hydrogen (secondary N) is 1. The number of nitrogens with two attached hydrogens (primary N) is 1. The zero-order chi connectivity index (χ0) is 13.1. The number of aliphatic hydroxyl groups is 1. The predicted octanol–water partition coefficient (Wildman–Crippen LogP) is 3.19. The summed E-state index contributed by atoms with van der Waals surface area (Å²) in [4.78, 5) is 0. The van der Waals surface area contributed by atoms with E-state index in [2.05, 4.69) is 19.2 Å². The molecule has 0 saturated heterocycles. The van der Waals surface area contributed by atoms with Crippen LogP contribution in [0, 0.1) is 6.92 Å². The molecule has 0 aliphatic heterocycles. The molecule has 17 heavy (non-hydrogen) atoms. The Kier molecular flexibility index (Phi) is 4.66. The minimum Gasteiger partial charge on any atom is -0.398 e. The van der Waals surface area contributed by atoms with Crippen LogP contribution in [0.25, 0.3) is 0 Å². The second-order valence-electron chi connectivity index (χ2n) is 4.46. The first kappa shape index (κ1) is 14.1. The van der Waals surface area contributed by atoms with E-state index in [4.69, 9.17) is 17.3 Å². The van der Waals surface area contributed by atoms with E-state index in [-0.39, 0.29) is 12.1 Å². The van der Waals surface area contributed by atoms with E-state index in [1.807, 2.05) is 19.1 Å². The Morgan fingerprint density at radius 1 is 1.35 bits per heavy atom. The van der Waals surface area contributed by atoms with Crippen molar-refractivity contribution in [1.29, 1.82) is 0 Å². The van der Waals surface area contributed by atoms with Gasteiger partial charge in [0.15, 0.2) is 0 Å². The molecule has 1 aromatic rings. The lowest BCUT2D eigenvalue weighted by atomic mass is 9.93. The lowest BCUT2D eigenvalue weighted by Gasteiger charge is -2.32. The minimum atomic E-state index is -0.287. The molecule has 0 amide bonds. The SMILES string of the molecule is CCC(CC)(CO)Nc1cc(Cl)c(N)cc1C. The molecule has 0 bridgehead atoms. The van der Waals surface area contributed by atoms with Crippen LogP contribution in [-0.2, 0) is 0 Å². The molecule has 3 nitrogen and oxygen atoms in total. The Morgan fingerprint density at radius 3 is 2.41 bits per heavy atom. The summed E-state index contributed by atoms with van der Waals surface area (Å²) in [6.45, 7) is 6.19. The topological polar surface area (TPSA) is 58.3 Å². The molecule has 96 valence electrons. The first-order valence-electron chi connectivity index (χ1n) is 5.92. The molecular formula is C13H21ClN2O. The van der Waals surface area contributed by atoms with Crippen molar-refractivity contribution >= 4 is 23.0 Å². The van der Waals surface area contributed by atoms with E-state index in [1.54, 1.807) is 0 Å². The highest BCUT2D eigenvalue weighted by molar-refractivity contribution is 6.33. The summed E-state index contributed by atoms with van der Waals surface area (Å²) < 4.78 is 0. The Bertz CT molecular complexity index is 381. The molecule has 1 rings (SSSR count). The van der Waals surface area contributed by atoms with Crippen LogP contribution in [0.3, 0.4) is 0 Å². The van der Waals surface area contributed by atoms with E-state index < -0.39 is 0 Å². The summed E-state index contributed by atoms with van der Waals surface area (Å²) in [5.41, 5.74) is 8.00. The van der Waals surface area contributed by atoms with Gasteiger partial charge in [-0.3, -0.25) is 0 Å². The van der Waals surface area contributed by atoms with Gasteiger partial charge in [-0.25, -0.2) is 0 Å². The third-order valence-electron chi connectivity index (χ3n) is 3.40. The highest BCUT2D eigenvalue weighted by atomic mass is 35.5. The molecule has 4 heteroatoms. The number of aryl methyl sites for hydroxylation is 1. The van der Waals surface area contributed by atoms with Crippen molar-refractivity contribution in [3.63, 3.8) is 0 Å². The Hall–Kier alpha value is -0.930. The van der Waals surface area contributed by atoms with Gasteiger partial charge < -0.3 is 16.2 Å². The first-order valence-corrected chi connectivity index (χ1v) is 6.30. The third-order valence-corrected chi connectivity index (χ3v) is 3.73. The van der Waals surface area contributed by atoms with Crippen LogP contribution < -0.4 is 11.1 Å². The van der Waals surface area contributed by atoms with Gasteiger partial charge in [-0.05, 0) is 37.5 Å². The molecule has 0 atom stereocenters. The van der Waals surface area contributed by atoms with Crippen LogP contribution in [-0.4, -0.2) is 17.3 Å². The van der Waals surface area contributed by atoms with Crippen LogP contribution in [0.1, 0.15) is 32.3 Å². The van der Waals surface area contributed by atoms with Gasteiger partial charge in [0.05, 0.1) is 22.9 Å². The van der Waals surface area contributed by atoms with Crippen molar-refractivity contribution in [1.82, 2.24) is 0 Å². The van der Waals surface area contributed by atoms with Gasteiger partial charge in [-0.15, -0.1) is 0 Å². The summed E-state index contributed by atoms with van der Waals surface area (Å²) in [7, 11) is 0. The number of anilines is 2. The van der Waals surface area contributed by atoms with Gasteiger partial charge in [-0.1, -0.05) is 25.4 Å². The van der Waals surface area contributed by atoms with Crippen LogP contribution in [0.4, 0.5) is 11.4 Å². The van der Waals surface area contributed by atoms with Crippen molar-refractivity contribution in [3.05, 3.63) is 22.7 Å². The molecule has 4 N–H and O–H groups in total. The fourth-order valence-electron chi connectivity index (χ4n) is 1.81. The first-order chi connectivity index (χ1) is 7.98. The molecule has 0 aliphatic rings. The largest absolute Gasteiger partial charge is 0.398 e. The van der Waals surface area contributed by atoms with Gasteiger partial charge >= 0.3 is 0 Å². The standard InChI is InChI=1S/C13H21ClN2O/c1-4-13(5-2,8-17)16-12-7-10(14)11(15)6-9(12)3/h6-7,16-17H,4-5,8,15H2,1-3H3. The number of hydrogen-bond donors (Lipinski definition) is 3. The normalized spacial score (nSPS) is 11.6. The predicted molar refractivity (Wildman–Crippen MR) is 74.6 cm³/mol. The summed E-state index contributed by atoms with van der Waals surface area (Å²) in [5.74, 6) is 0. The summed E-state index contributed by atoms with van der Waals surface area (Å²) in [5, 5.41) is 13.5. The zero-order valence-electron chi connectivity index (χ0n) is 10.7. The number of aliphatic hydroxyl groups excluding tert-OH is 1. The maximum atomic E-state index is 9.53. The second kappa shape index (κ2) is 5.61. The molecule has 0 aliphatic carbocycles. The molecule has 1 aromatic carbocycles. The molecule has 0 saturated carbocycles. The molecule has 0 heterocycles. The lowest BCUT2D eigenvalue weighted by Crippen LogP contribution is -2.41. The number of hydrogen-bond acceptors (Lipinski definition) is 3. The van der Waals surface area contributed by atoms with Gasteiger partial charge in [0, 0.05) is 5.69 Å². The summed E-state index contributed by atoms with van der Waals surface area (Å²) in [6.07, 6.45) is 1.70. The molecular weight excluding hydrogens is 236 g/mol. The van der Waals surface area contributed by atoms with E-state index in [1.165, 1.54) is 0 Å². The Morgan fingerprint density at radius 2 is 1.94 bits per heavy atom. The van der Waals surface area contributed by atoms with Crippen LogP contribution in [0.5, 0.6) is 0 Å². The average Bonchev–Trinajstić information content (AvgIpc) is 2.33. The molecule has 0 spiro atoms. The number of nitrogen functional groups attached to an aromatic ring is 1. The molecule has 0 aromatic heterocycles. The molecule has 0 fully saturated rings. The quantitative estimate of drug-likeness (QED) is 0.709. The Balaban J connectivity index is 3.05. The number of halogens is 1. The van der Waals surface area contributed by atoms with E-state index in [0.29, 0.717) is 10.7 Å². The van der Waals surface area contributed by atoms with E-state index in [9.17, 15) is 5.11 Å². The van der Waals surface area contributed by atoms with Gasteiger partial charge in [0.1, 0.15) is 0 Å². The van der Waals surface area contributed by atoms with Gasteiger partial charge in [0.25, 0.3) is 0 Å². The van der Waals surface area contributed by atoms with Crippen LogP contribution >= 0.6 is 11.6 Å². The van der Waals surface area contributed by atoms with Crippen LogP contribution in [0.15, 0.2) is 12.1 Å². The van der Waals surface area contributed by atoms with Crippen molar-refractivity contribution in [2.24, 2.45) is 0 Å². The van der Waals surface area contributed by atoms with Crippen LogP contribution in [0.2, 0.25) is 5.02 Å². The number of rotatable bonds is 5. The lowest BCUT2D eigenvalue weighted by molar-refractivity contribution is 0.202. The van der Waals surface area contributed by atoms with E-state index >= 15 is 0 Å².